The topological polar surface area (TPSA) is 0 Å². The van der Waals surface area contributed by atoms with Crippen molar-refractivity contribution in [3.05, 3.63) is 30.0 Å². The van der Waals surface area contributed by atoms with E-state index in [1.807, 2.05) is 0 Å². The van der Waals surface area contributed by atoms with Crippen molar-refractivity contribution in [2.45, 2.75) is 6.42 Å². The van der Waals surface area contributed by atoms with Gasteiger partial charge in [0.05, 0.1) is 5.83 Å². The van der Waals surface area contributed by atoms with Gasteiger partial charge in [-0.25, -0.2) is 4.39 Å². The molecule has 1 rings (SSSR count). The van der Waals surface area contributed by atoms with Crippen LogP contribution in [-0.2, 0) is 21.7 Å². The maximum Gasteiger partial charge on any atom is 3.00 e. The van der Waals surface area contributed by atoms with Crippen molar-refractivity contribution < 1.29 is 59.7 Å². The molecule has 0 heterocycles. The van der Waals surface area contributed by atoms with Crippen molar-refractivity contribution in [3.63, 3.8) is 0 Å². The summed E-state index contributed by atoms with van der Waals surface area (Å²) in [7, 11) is 0. The average molecular weight is 252 g/mol. The minimum Gasteiger partial charge on any atom is -1.00 e. The maximum absolute atomic E-state index is 12.0. The molecule has 0 aromatic heterocycles. The Kier molecular flexibility index (Phi) is 12.3. The van der Waals surface area contributed by atoms with Crippen LogP contribution in [0, 0.1) is 6.17 Å². The van der Waals surface area contributed by atoms with E-state index in [4.69, 9.17) is 0 Å². The molecule has 6 heteroatoms. The van der Waals surface area contributed by atoms with Crippen LogP contribution in [0.3, 0.4) is 0 Å². The van der Waals surface area contributed by atoms with Crippen molar-refractivity contribution in [1.82, 2.24) is 0 Å². The summed E-state index contributed by atoms with van der Waals surface area (Å²) >= 11 is 0. The summed E-state index contributed by atoms with van der Waals surface area (Å²) in [5.41, 5.74) is 0. The molecule has 67 valence electrons. The molecule has 0 amide bonds. The molecule has 1 radical (unpaired) electrons. The molecule has 0 aliphatic heterocycles. The zero-order valence-corrected chi connectivity index (χ0v) is 8.83. The van der Waals surface area contributed by atoms with Gasteiger partial charge in [0, 0.05) is 0 Å². The monoisotopic (exact) mass is 251 g/mol. The van der Waals surface area contributed by atoms with Gasteiger partial charge in [0.15, 0.2) is 0 Å². The van der Waals surface area contributed by atoms with Gasteiger partial charge in [0.2, 0.25) is 0 Å². The van der Waals surface area contributed by atoms with Gasteiger partial charge in [-0.3, -0.25) is 0 Å². The minimum absolute atomic E-state index is 0. The molecule has 0 bridgehead atoms. The van der Waals surface area contributed by atoms with E-state index in [0.29, 0.717) is 12.2 Å². The zero-order chi connectivity index (χ0) is 6.85. The summed E-state index contributed by atoms with van der Waals surface area (Å²) in [4.78, 5) is 0. The number of halogens is 5. The van der Waals surface area contributed by atoms with Crippen molar-refractivity contribution in [1.29, 1.82) is 0 Å². The summed E-state index contributed by atoms with van der Waals surface area (Å²) < 4.78 is 36.0. The van der Waals surface area contributed by atoms with Gasteiger partial charge >= 0.3 is 21.7 Å². The van der Waals surface area contributed by atoms with Crippen LogP contribution < -0.4 is 24.8 Å². The fraction of sp³-hybridized carbons (Fsp3) is 0.167. The zero-order valence-electron chi connectivity index (χ0n) is 5.75. The fourth-order valence-electron chi connectivity index (χ4n) is 0.604. The first-order valence-electron chi connectivity index (χ1n) is 2.43. The van der Waals surface area contributed by atoms with Gasteiger partial charge in [-0.05, 0) is 18.4 Å². The molecular formula is C6H4Cl2F3Ti. The van der Waals surface area contributed by atoms with Crippen LogP contribution >= 0.6 is 0 Å². The van der Waals surface area contributed by atoms with Crippen LogP contribution in [0.2, 0.25) is 0 Å². The van der Waals surface area contributed by atoms with E-state index in [2.05, 4.69) is 0 Å². The number of rotatable bonds is 0. The Hall–Kier alpha value is 0.434. The Labute approximate surface area is 96.0 Å². The van der Waals surface area contributed by atoms with Crippen LogP contribution in [0.25, 0.3) is 0 Å². The van der Waals surface area contributed by atoms with E-state index in [1.165, 1.54) is 0 Å². The Morgan fingerprint density at radius 3 is 2.08 bits per heavy atom. The number of hydrogen-bond acceptors (Lipinski definition) is 0. The van der Waals surface area contributed by atoms with Crippen LogP contribution in [-0.4, -0.2) is 0 Å². The largest absolute Gasteiger partial charge is 3.00 e. The Morgan fingerprint density at radius 1 is 1.25 bits per heavy atom. The summed E-state index contributed by atoms with van der Waals surface area (Å²) in [5.74, 6) is -1.64. The fourth-order valence-corrected chi connectivity index (χ4v) is 0.604. The standard InChI is InChI=1S/C6H4F3.2ClH.Ti/c7-4-1-5(8)3-6(9)2-4;;;/h1-2H,3H2;2*1H;/q-1;;;+3/p-2. The first kappa shape index (κ1) is 18.3. The molecule has 0 fully saturated rings. The predicted octanol–water partition coefficient (Wildman–Crippen LogP) is -3.40. The Balaban J connectivity index is -0.000000270. The molecule has 12 heavy (non-hydrogen) atoms. The predicted molar refractivity (Wildman–Crippen MR) is 27.3 cm³/mol. The molecule has 0 N–H and O–H groups in total. The van der Waals surface area contributed by atoms with Crippen LogP contribution in [0.4, 0.5) is 13.2 Å². The van der Waals surface area contributed by atoms with Gasteiger partial charge in [0.1, 0.15) is 0 Å². The SMILES string of the molecule is FC1=C[C-](F)CC(F)=C1.[Cl-].[Cl-].[Ti+3]. The summed E-state index contributed by atoms with van der Waals surface area (Å²) in [5, 5.41) is 0. The molecule has 0 aromatic rings. The second-order valence-corrected chi connectivity index (χ2v) is 1.74. The van der Waals surface area contributed by atoms with E-state index in [0.717, 1.165) is 0 Å². The van der Waals surface area contributed by atoms with Crippen molar-refractivity contribution in [2.24, 2.45) is 0 Å². The molecule has 0 atom stereocenters. The molecular weight excluding hydrogens is 248 g/mol. The Morgan fingerprint density at radius 2 is 1.75 bits per heavy atom. The van der Waals surface area contributed by atoms with Gasteiger partial charge < -0.3 is 33.6 Å². The number of hydrogen-bond donors (Lipinski definition) is 0. The van der Waals surface area contributed by atoms with E-state index in [9.17, 15) is 13.2 Å². The van der Waals surface area contributed by atoms with Gasteiger partial charge in [-0.15, -0.1) is 0 Å². The molecule has 0 saturated heterocycles. The van der Waals surface area contributed by atoms with E-state index >= 15 is 0 Å². The van der Waals surface area contributed by atoms with Crippen molar-refractivity contribution in [3.8, 4) is 0 Å². The third kappa shape index (κ3) is 6.01. The molecule has 0 nitrogen and oxygen atoms in total. The minimum atomic E-state index is -0.865. The van der Waals surface area contributed by atoms with E-state index < -0.39 is 24.2 Å². The average Bonchev–Trinajstić information content (AvgIpc) is 1.59. The molecule has 0 saturated carbocycles. The van der Waals surface area contributed by atoms with Gasteiger partial charge in [-0.1, -0.05) is 6.08 Å². The Bertz CT molecular complexity index is 182. The summed E-state index contributed by atoms with van der Waals surface area (Å²) in [6.07, 6.45) is 0.159. The first-order chi connectivity index (χ1) is 4.18. The third-order valence-electron chi connectivity index (χ3n) is 0.927. The second-order valence-electron chi connectivity index (χ2n) is 1.74. The normalized spacial score (nSPS) is 14.4. The molecule has 0 unspecified atom stereocenters. The first-order valence-corrected chi connectivity index (χ1v) is 2.43. The quantitative estimate of drug-likeness (QED) is 0.311. The summed E-state index contributed by atoms with van der Waals surface area (Å²) in [6.45, 7) is 0. The van der Waals surface area contributed by atoms with Crippen LogP contribution in [0.1, 0.15) is 6.42 Å². The van der Waals surface area contributed by atoms with Crippen LogP contribution in [0.15, 0.2) is 23.8 Å². The third-order valence-corrected chi connectivity index (χ3v) is 0.927. The molecule has 1 aliphatic carbocycles. The van der Waals surface area contributed by atoms with E-state index in [1.54, 1.807) is 0 Å². The summed E-state index contributed by atoms with van der Waals surface area (Å²) in [6, 6.07) is 0. The van der Waals surface area contributed by atoms with Gasteiger partial charge in [-0.2, -0.15) is 6.08 Å². The second kappa shape index (κ2) is 8.05. The van der Waals surface area contributed by atoms with E-state index in [-0.39, 0.29) is 46.5 Å². The molecule has 0 aromatic carbocycles. The van der Waals surface area contributed by atoms with Crippen LogP contribution in [0.5, 0.6) is 0 Å². The van der Waals surface area contributed by atoms with Crippen molar-refractivity contribution >= 4 is 0 Å². The maximum atomic E-state index is 12.0. The smallest absolute Gasteiger partial charge is 1.00 e. The van der Waals surface area contributed by atoms with Gasteiger partial charge in [0.25, 0.3) is 0 Å². The molecule has 0 spiro atoms. The number of allylic oxidation sites excluding steroid dienone is 4. The molecule has 1 aliphatic rings. The van der Waals surface area contributed by atoms with Crippen molar-refractivity contribution in [2.75, 3.05) is 0 Å².